The molecule has 6 nitrogen and oxygen atoms in total. The standard InChI is InChI=1S/C24H29N3O3S2/c1-5-18-16(4)32-22-20(18)23(29)27(12-17-10-7-11-30-17)24(26-22)31-13-19(28)25-21-14(2)8-6-9-15(21)3/h6,8-9,17H,5,7,10-13H2,1-4H3,(H,25,28). The fourth-order valence-corrected chi connectivity index (χ4v) is 6.20. The molecule has 4 rings (SSSR count). The van der Waals surface area contributed by atoms with Crippen molar-refractivity contribution in [3.05, 3.63) is 50.1 Å². The molecule has 1 aliphatic heterocycles. The summed E-state index contributed by atoms with van der Waals surface area (Å²) in [5, 5.41) is 4.32. The number of fused-ring (bicyclic) bond motifs is 1. The highest BCUT2D eigenvalue weighted by molar-refractivity contribution is 7.99. The summed E-state index contributed by atoms with van der Waals surface area (Å²) in [7, 11) is 0. The largest absolute Gasteiger partial charge is 0.376 e. The smallest absolute Gasteiger partial charge is 0.263 e. The first kappa shape index (κ1) is 23.0. The molecule has 0 spiro atoms. The van der Waals surface area contributed by atoms with E-state index in [0.717, 1.165) is 63.3 Å². The molecular weight excluding hydrogens is 442 g/mol. The number of ether oxygens (including phenoxy) is 1. The van der Waals surface area contributed by atoms with Crippen LogP contribution in [-0.4, -0.2) is 33.9 Å². The number of aryl methyl sites for hydroxylation is 4. The zero-order valence-corrected chi connectivity index (χ0v) is 20.6. The Bertz CT molecular complexity index is 1190. The van der Waals surface area contributed by atoms with Gasteiger partial charge in [0.05, 0.1) is 23.8 Å². The van der Waals surface area contributed by atoms with Crippen molar-refractivity contribution in [3.8, 4) is 0 Å². The molecule has 1 amide bonds. The van der Waals surface area contributed by atoms with Crippen LogP contribution in [0.1, 0.15) is 41.3 Å². The molecule has 1 saturated heterocycles. The van der Waals surface area contributed by atoms with Crippen LogP contribution in [0.15, 0.2) is 28.2 Å². The van der Waals surface area contributed by atoms with Gasteiger partial charge in [0.1, 0.15) is 4.83 Å². The van der Waals surface area contributed by atoms with E-state index in [0.29, 0.717) is 11.7 Å². The molecule has 0 aliphatic carbocycles. The summed E-state index contributed by atoms with van der Waals surface area (Å²) in [5.41, 5.74) is 3.95. The number of rotatable bonds is 7. The lowest BCUT2D eigenvalue weighted by Gasteiger charge is -2.16. The van der Waals surface area contributed by atoms with Gasteiger partial charge in [-0.3, -0.25) is 14.2 Å². The Hall–Kier alpha value is -2.16. The zero-order chi connectivity index (χ0) is 22.8. The Morgan fingerprint density at radius 1 is 1.31 bits per heavy atom. The lowest BCUT2D eigenvalue weighted by atomic mass is 10.1. The summed E-state index contributed by atoms with van der Waals surface area (Å²) in [5.74, 6) is 0.0735. The van der Waals surface area contributed by atoms with E-state index in [9.17, 15) is 9.59 Å². The maximum absolute atomic E-state index is 13.5. The molecule has 1 unspecified atom stereocenters. The Kier molecular flexibility index (Phi) is 7.02. The molecule has 1 aromatic carbocycles. The van der Waals surface area contributed by atoms with Gasteiger partial charge in [-0.1, -0.05) is 36.9 Å². The van der Waals surface area contributed by atoms with E-state index in [4.69, 9.17) is 9.72 Å². The van der Waals surface area contributed by atoms with Gasteiger partial charge >= 0.3 is 0 Å². The van der Waals surface area contributed by atoms with Crippen LogP contribution in [0.4, 0.5) is 5.69 Å². The number of aromatic nitrogens is 2. The minimum atomic E-state index is -0.109. The number of thioether (sulfide) groups is 1. The first-order valence-electron chi connectivity index (χ1n) is 11.0. The Balaban J connectivity index is 1.63. The van der Waals surface area contributed by atoms with Crippen LogP contribution in [0, 0.1) is 20.8 Å². The van der Waals surface area contributed by atoms with Crippen molar-refractivity contribution in [3.63, 3.8) is 0 Å². The Morgan fingerprint density at radius 3 is 2.72 bits per heavy atom. The summed E-state index contributed by atoms with van der Waals surface area (Å²) < 4.78 is 7.52. The van der Waals surface area contributed by atoms with Crippen molar-refractivity contribution in [1.29, 1.82) is 0 Å². The minimum absolute atomic E-state index is 0.0135. The van der Waals surface area contributed by atoms with E-state index < -0.39 is 0 Å². The van der Waals surface area contributed by atoms with Crippen LogP contribution in [0.5, 0.6) is 0 Å². The van der Waals surface area contributed by atoms with Gasteiger partial charge in [0.25, 0.3) is 5.56 Å². The number of nitrogens with one attached hydrogen (secondary N) is 1. The van der Waals surface area contributed by atoms with Gasteiger partial charge in [-0.25, -0.2) is 4.98 Å². The average Bonchev–Trinajstić information content (AvgIpc) is 3.38. The van der Waals surface area contributed by atoms with Crippen molar-refractivity contribution in [1.82, 2.24) is 9.55 Å². The molecule has 1 atom stereocenters. The molecule has 1 N–H and O–H groups in total. The van der Waals surface area contributed by atoms with E-state index >= 15 is 0 Å². The van der Waals surface area contributed by atoms with Crippen molar-refractivity contribution in [2.75, 3.05) is 17.7 Å². The number of anilines is 1. The third-order valence-electron chi connectivity index (χ3n) is 5.92. The summed E-state index contributed by atoms with van der Waals surface area (Å²) >= 11 is 2.87. The van der Waals surface area contributed by atoms with Crippen molar-refractivity contribution >= 4 is 44.9 Å². The van der Waals surface area contributed by atoms with E-state index in [1.807, 2.05) is 39.0 Å². The second kappa shape index (κ2) is 9.77. The van der Waals surface area contributed by atoms with Gasteiger partial charge in [0, 0.05) is 17.2 Å². The van der Waals surface area contributed by atoms with Crippen LogP contribution in [0.2, 0.25) is 0 Å². The molecule has 0 bridgehead atoms. The monoisotopic (exact) mass is 471 g/mol. The SMILES string of the molecule is CCc1c(C)sc2nc(SCC(=O)Nc3c(C)cccc3C)n(CC3CCCO3)c(=O)c12. The lowest BCUT2D eigenvalue weighted by Crippen LogP contribution is -2.29. The number of nitrogens with zero attached hydrogens (tertiary/aromatic N) is 2. The van der Waals surface area contributed by atoms with E-state index in [-0.39, 0.29) is 23.3 Å². The third-order valence-corrected chi connectivity index (χ3v) is 7.94. The molecule has 3 heterocycles. The predicted molar refractivity (Wildman–Crippen MR) is 132 cm³/mol. The first-order chi connectivity index (χ1) is 15.4. The fourth-order valence-electron chi connectivity index (χ4n) is 4.24. The number of amides is 1. The second-order valence-corrected chi connectivity index (χ2v) is 10.4. The lowest BCUT2D eigenvalue weighted by molar-refractivity contribution is -0.113. The zero-order valence-electron chi connectivity index (χ0n) is 19.0. The number of para-hydroxylation sites is 1. The minimum Gasteiger partial charge on any atom is -0.376 e. The highest BCUT2D eigenvalue weighted by Gasteiger charge is 2.23. The molecule has 1 aliphatic rings. The van der Waals surface area contributed by atoms with Crippen LogP contribution in [-0.2, 0) is 22.5 Å². The second-order valence-electron chi connectivity index (χ2n) is 8.22. The highest BCUT2D eigenvalue weighted by Crippen LogP contribution is 2.30. The number of benzene rings is 1. The number of carbonyl (C=O) groups is 1. The molecule has 170 valence electrons. The summed E-state index contributed by atoms with van der Waals surface area (Å²) in [6.07, 6.45) is 2.76. The van der Waals surface area contributed by atoms with Gasteiger partial charge in [-0.15, -0.1) is 11.3 Å². The molecule has 3 aromatic rings. The normalized spacial score (nSPS) is 16.1. The van der Waals surface area contributed by atoms with E-state index in [2.05, 4.69) is 12.2 Å². The van der Waals surface area contributed by atoms with Gasteiger partial charge in [-0.05, 0) is 56.7 Å². The Labute approximate surface area is 196 Å². The van der Waals surface area contributed by atoms with Gasteiger partial charge in [-0.2, -0.15) is 0 Å². The highest BCUT2D eigenvalue weighted by atomic mass is 32.2. The first-order valence-corrected chi connectivity index (χ1v) is 12.8. The van der Waals surface area contributed by atoms with E-state index in [1.54, 1.807) is 15.9 Å². The van der Waals surface area contributed by atoms with Gasteiger partial charge < -0.3 is 10.1 Å². The summed E-state index contributed by atoms with van der Waals surface area (Å²) in [4.78, 5) is 33.0. The van der Waals surface area contributed by atoms with Crippen LogP contribution in [0.3, 0.4) is 0 Å². The molecule has 8 heteroatoms. The van der Waals surface area contributed by atoms with Gasteiger partial charge in [0.2, 0.25) is 5.91 Å². The molecule has 0 saturated carbocycles. The molecule has 0 radical (unpaired) electrons. The quantitative estimate of drug-likeness (QED) is 0.394. The molecule has 2 aromatic heterocycles. The molecular formula is C24H29N3O3S2. The summed E-state index contributed by atoms with van der Waals surface area (Å²) in [6.45, 7) is 9.27. The topological polar surface area (TPSA) is 73.2 Å². The van der Waals surface area contributed by atoms with Crippen molar-refractivity contribution in [2.45, 2.75) is 64.8 Å². The molecule has 32 heavy (non-hydrogen) atoms. The average molecular weight is 472 g/mol. The Morgan fingerprint density at radius 2 is 2.06 bits per heavy atom. The summed E-state index contributed by atoms with van der Waals surface area (Å²) in [6, 6.07) is 5.94. The van der Waals surface area contributed by atoms with E-state index in [1.165, 1.54) is 11.8 Å². The maximum atomic E-state index is 13.5. The van der Waals surface area contributed by atoms with Crippen molar-refractivity contribution < 1.29 is 9.53 Å². The fraction of sp³-hybridized carbons (Fsp3) is 0.458. The number of thiophene rings is 1. The number of carbonyl (C=O) groups excluding carboxylic acids is 1. The van der Waals surface area contributed by atoms with Crippen molar-refractivity contribution in [2.24, 2.45) is 0 Å². The van der Waals surface area contributed by atoms with Crippen LogP contribution >= 0.6 is 23.1 Å². The maximum Gasteiger partial charge on any atom is 0.263 e. The predicted octanol–water partition coefficient (Wildman–Crippen LogP) is 4.86. The van der Waals surface area contributed by atoms with Gasteiger partial charge in [0.15, 0.2) is 5.16 Å². The third kappa shape index (κ3) is 4.63. The number of hydrogen-bond acceptors (Lipinski definition) is 6. The van der Waals surface area contributed by atoms with Crippen LogP contribution < -0.4 is 10.9 Å². The van der Waals surface area contributed by atoms with Crippen LogP contribution in [0.25, 0.3) is 10.2 Å². The molecule has 1 fully saturated rings. The number of hydrogen-bond donors (Lipinski definition) is 1.